The number of methoxy groups -OCH3 is 3. The Balaban J connectivity index is 2.15. The number of ether oxygens (including phenoxy) is 3. The highest BCUT2D eigenvalue weighted by molar-refractivity contribution is 6.02. The molecule has 0 saturated heterocycles. The predicted octanol–water partition coefficient (Wildman–Crippen LogP) is 4.34. The molecule has 4 rings (SSSR count). The van der Waals surface area contributed by atoms with Crippen LogP contribution in [0.5, 0.6) is 23.0 Å². The van der Waals surface area contributed by atoms with Gasteiger partial charge in [-0.1, -0.05) is 24.3 Å². The van der Waals surface area contributed by atoms with Crippen LogP contribution in [0.3, 0.4) is 0 Å². The van der Waals surface area contributed by atoms with E-state index in [1.54, 1.807) is 12.1 Å². The normalized spacial score (nSPS) is 11.0. The summed E-state index contributed by atoms with van der Waals surface area (Å²) in [6.45, 7) is 0. The third-order valence-corrected chi connectivity index (χ3v) is 4.69. The maximum atomic E-state index is 12.8. The number of benzene rings is 3. The van der Waals surface area contributed by atoms with Crippen LogP contribution in [0.4, 0.5) is 0 Å². The van der Waals surface area contributed by atoms with E-state index in [-0.39, 0.29) is 11.1 Å². The maximum Gasteiger partial charge on any atom is 0.235 e. The predicted molar refractivity (Wildman–Crippen MR) is 107 cm³/mol. The van der Waals surface area contributed by atoms with Crippen LogP contribution in [-0.4, -0.2) is 26.4 Å². The number of rotatable bonds is 4. The van der Waals surface area contributed by atoms with Crippen molar-refractivity contribution in [2.75, 3.05) is 21.3 Å². The second kappa shape index (κ2) is 6.81. The quantitative estimate of drug-likeness (QED) is 0.569. The van der Waals surface area contributed by atoms with Crippen LogP contribution in [0.15, 0.2) is 57.7 Å². The Kier molecular flexibility index (Phi) is 4.31. The highest BCUT2D eigenvalue weighted by atomic mass is 16.5. The van der Waals surface area contributed by atoms with Gasteiger partial charge in [0.1, 0.15) is 11.3 Å². The molecule has 1 aromatic heterocycles. The zero-order valence-corrected chi connectivity index (χ0v) is 15.6. The van der Waals surface area contributed by atoms with Gasteiger partial charge in [-0.15, -0.1) is 0 Å². The van der Waals surface area contributed by atoms with Crippen molar-refractivity contribution in [2.24, 2.45) is 0 Å². The highest BCUT2D eigenvalue weighted by Gasteiger charge is 2.24. The molecule has 0 aliphatic rings. The molecule has 0 saturated carbocycles. The molecular weight excluding hydrogens is 360 g/mol. The third-order valence-electron chi connectivity index (χ3n) is 4.69. The summed E-state index contributed by atoms with van der Waals surface area (Å²) in [7, 11) is 4.53. The summed E-state index contributed by atoms with van der Waals surface area (Å²) in [6, 6.07) is 14.2. The Hall–Kier alpha value is -3.67. The number of hydrogen-bond acceptors (Lipinski definition) is 6. The standard InChI is InChI=1S/C22H18O6/c1-25-13-8-9-16-15(11-13)19(23)20(24)22(28-16)18-14-7-5-4-6-12(14)10-17(26-2)21(18)27-3/h4-11,24H,1-3H3. The van der Waals surface area contributed by atoms with Crippen molar-refractivity contribution in [1.82, 2.24) is 0 Å². The maximum absolute atomic E-state index is 12.8. The van der Waals surface area contributed by atoms with E-state index in [9.17, 15) is 9.90 Å². The smallest absolute Gasteiger partial charge is 0.235 e. The molecule has 0 atom stereocenters. The lowest BCUT2D eigenvalue weighted by atomic mass is 9.99. The van der Waals surface area contributed by atoms with Crippen LogP contribution in [0, 0.1) is 0 Å². The van der Waals surface area contributed by atoms with Gasteiger partial charge in [0, 0.05) is 0 Å². The number of fused-ring (bicyclic) bond motifs is 2. The van der Waals surface area contributed by atoms with Crippen molar-refractivity contribution in [1.29, 1.82) is 0 Å². The largest absolute Gasteiger partial charge is 0.502 e. The van der Waals surface area contributed by atoms with Crippen molar-refractivity contribution in [2.45, 2.75) is 0 Å². The van der Waals surface area contributed by atoms with Crippen LogP contribution in [-0.2, 0) is 0 Å². The van der Waals surface area contributed by atoms with E-state index in [0.717, 1.165) is 10.8 Å². The van der Waals surface area contributed by atoms with Gasteiger partial charge in [-0.3, -0.25) is 4.79 Å². The van der Waals surface area contributed by atoms with E-state index < -0.39 is 11.2 Å². The Morgan fingerprint density at radius 1 is 0.893 bits per heavy atom. The topological polar surface area (TPSA) is 78.1 Å². The fourth-order valence-corrected chi connectivity index (χ4v) is 3.34. The zero-order chi connectivity index (χ0) is 19.8. The molecule has 3 aromatic carbocycles. The van der Waals surface area contributed by atoms with Crippen LogP contribution in [0.2, 0.25) is 0 Å². The first-order chi connectivity index (χ1) is 13.6. The average Bonchev–Trinajstić information content (AvgIpc) is 2.74. The fourth-order valence-electron chi connectivity index (χ4n) is 3.34. The molecule has 0 fully saturated rings. The average molecular weight is 378 g/mol. The van der Waals surface area contributed by atoms with Gasteiger partial charge in [-0.2, -0.15) is 0 Å². The minimum absolute atomic E-state index is 0.0228. The second-order valence-electron chi connectivity index (χ2n) is 6.18. The molecule has 0 unspecified atom stereocenters. The number of aromatic hydroxyl groups is 1. The van der Waals surface area contributed by atoms with Gasteiger partial charge in [0.25, 0.3) is 0 Å². The Labute approximate surface area is 160 Å². The molecule has 0 amide bonds. The summed E-state index contributed by atoms with van der Waals surface area (Å²) in [5.74, 6) is 0.851. The molecule has 6 nitrogen and oxygen atoms in total. The lowest BCUT2D eigenvalue weighted by Crippen LogP contribution is -2.04. The third kappa shape index (κ3) is 2.62. The SMILES string of the molecule is COc1ccc2oc(-c3c(OC)c(OC)cc4ccccc34)c(O)c(=O)c2c1. The van der Waals surface area contributed by atoms with Gasteiger partial charge in [-0.05, 0) is 35.0 Å². The van der Waals surface area contributed by atoms with E-state index in [1.165, 1.54) is 27.4 Å². The van der Waals surface area contributed by atoms with Gasteiger partial charge in [0.15, 0.2) is 17.3 Å². The van der Waals surface area contributed by atoms with Gasteiger partial charge in [0.05, 0.1) is 32.3 Å². The van der Waals surface area contributed by atoms with Crippen LogP contribution in [0.25, 0.3) is 33.1 Å². The summed E-state index contributed by atoms with van der Waals surface area (Å²) in [4.78, 5) is 12.8. The lowest BCUT2D eigenvalue weighted by Gasteiger charge is -2.16. The highest BCUT2D eigenvalue weighted by Crippen LogP contribution is 2.46. The first-order valence-electron chi connectivity index (χ1n) is 8.57. The molecule has 0 aliphatic carbocycles. The molecule has 0 aliphatic heterocycles. The Morgan fingerprint density at radius 2 is 1.68 bits per heavy atom. The van der Waals surface area contributed by atoms with Gasteiger partial charge in [0.2, 0.25) is 11.2 Å². The monoisotopic (exact) mass is 378 g/mol. The first-order valence-corrected chi connectivity index (χ1v) is 8.57. The van der Waals surface area contributed by atoms with E-state index >= 15 is 0 Å². The van der Waals surface area contributed by atoms with E-state index in [2.05, 4.69) is 0 Å². The van der Waals surface area contributed by atoms with E-state index in [0.29, 0.717) is 28.4 Å². The molecule has 28 heavy (non-hydrogen) atoms. The Morgan fingerprint density at radius 3 is 2.39 bits per heavy atom. The molecule has 1 heterocycles. The minimum Gasteiger partial charge on any atom is -0.502 e. The van der Waals surface area contributed by atoms with Crippen LogP contribution < -0.4 is 19.6 Å². The molecule has 142 valence electrons. The van der Waals surface area contributed by atoms with Crippen molar-refractivity contribution < 1.29 is 23.7 Å². The van der Waals surface area contributed by atoms with E-state index in [1.807, 2.05) is 30.3 Å². The molecule has 6 heteroatoms. The Bertz CT molecular complexity index is 1260. The zero-order valence-electron chi connectivity index (χ0n) is 15.6. The van der Waals surface area contributed by atoms with Crippen molar-refractivity contribution in [3.63, 3.8) is 0 Å². The number of hydrogen-bond donors (Lipinski definition) is 1. The molecule has 0 spiro atoms. The van der Waals surface area contributed by atoms with Crippen LogP contribution >= 0.6 is 0 Å². The van der Waals surface area contributed by atoms with E-state index in [4.69, 9.17) is 18.6 Å². The minimum atomic E-state index is -0.552. The molecule has 1 N–H and O–H groups in total. The molecular formula is C22H18O6. The molecule has 0 bridgehead atoms. The van der Waals surface area contributed by atoms with Gasteiger partial charge < -0.3 is 23.7 Å². The molecule has 0 radical (unpaired) electrons. The first kappa shape index (κ1) is 17.7. The summed E-state index contributed by atoms with van der Waals surface area (Å²) < 4.78 is 22.1. The van der Waals surface area contributed by atoms with Crippen molar-refractivity contribution in [3.05, 3.63) is 58.8 Å². The van der Waals surface area contributed by atoms with Crippen molar-refractivity contribution >= 4 is 21.7 Å². The summed E-state index contributed by atoms with van der Waals surface area (Å²) in [5.41, 5.74) is 0.224. The summed E-state index contributed by atoms with van der Waals surface area (Å²) >= 11 is 0. The van der Waals surface area contributed by atoms with Crippen molar-refractivity contribution in [3.8, 4) is 34.3 Å². The van der Waals surface area contributed by atoms with Gasteiger partial charge >= 0.3 is 0 Å². The molecule has 4 aromatic rings. The fraction of sp³-hybridized carbons (Fsp3) is 0.136. The van der Waals surface area contributed by atoms with Gasteiger partial charge in [-0.25, -0.2) is 0 Å². The summed E-state index contributed by atoms with van der Waals surface area (Å²) in [5, 5.41) is 12.6. The summed E-state index contributed by atoms with van der Waals surface area (Å²) in [6.07, 6.45) is 0. The second-order valence-corrected chi connectivity index (χ2v) is 6.18. The van der Waals surface area contributed by atoms with Crippen LogP contribution in [0.1, 0.15) is 0 Å². The lowest BCUT2D eigenvalue weighted by molar-refractivity contribution is 0.355.